The fourth-order valence-electron chi connectivity index (χ4n) is 2.67. The number of carbonyl (C=O) groups is 2. The molecule has 1 saturated heterocycles. The van der Waals surface area contributed by atoms with Crippen molar-refractivity contribution < 1.29 is 19.1 Å². The Morgan fingerprint density at radius 2 is 1.89 bits per heavy atom. The zero-order valence-electron chi connectivity index (χ0n) is 15.3. The van der Waals surface area contributed by atoms with Crippen molar-refractivity contribution in [2.45, 2.75) is 6.61 Å². The fourth-order valence-corrected chi connectivity index (χ4v) is 2.93. The maximum Gasteiger partial charge on any atom is 0.329 e. The van der Waals surface area contributed by atoms with Gasteiger partial charge in [0, 0.05) is 11.0 Å². The monoisotopic (exact) mass is 442 g/mol. The zero-order valence-corrected chi connectivity index (χ0v) is 16.9. The number of carbonyl (C=O) groups excluding carboxylic acids is 2. The highest BCUT2D eigenvalue weighted by molar-refractivity contribution is 9.10. The van der Waals surface area contributed by atoms with Crippen LogP contribution < -0.4 is 14.8 Å². The average Bonchev–Trinajstić information content (AvgIpc) is 2.96. The van der Waals surface area contributed by atoms with E-state index in [4.69, 9.17) is 9.47 Å². The Kier molecular flexibility index (Phi) is 6.16. The second-order valence-corrected chi connectivity index (χ2v) is 6.93. The second kappa shape index (κ2) is 8.75. The lowest BCUT2D eigenvalue weighted by Gasteiger charge is -2.12. The molecular weight excluding hydrogens is 424 g/mol. The van der Waals surface area contributed by atoms with E-state index in [1.165, 1.54) is 6.08 Å². The standard InChI is InChI=1S/C21H19BrN2O4/c1-3-10-24-20(25)17(23-21(24)26)11-15-6-9-18(19(12-15)27-2)28-13-14-4-7-16(22)8-5-14/h3-9,11-12H,1,10,13H2,2H3,(H,23,26)/b17-11+. The predicted octanol–water partition coefficient (Wildman–Crippen LogP) is 4.12. The van der Waals surface area contributed by atoms with Gasteiger partial charge in [-0.15, -0.1) is 6.58 Å². The molecule has 2 aromatic carbocycles. The Hall–Kier alpha value is -3.06. The summed E-state index contributed by atoms with van der Waals surface area (Å²) in [6, 6.07) is 12.7. The van der Waals surface area contributed by atoms with Gasteiger partial charge in [-0.25, -0.2) is 4.79 Å². The van der Waals surface area contributed by atoms with Crippen LogP contribution >= 0.6 is 15.9 Å². The molecule has 1 aliphatic rings. The van der Waals surface area contributed by atoms with Crippen LogP contribution in [0.25, 0.3) is 6.08 Å². The molecule has 0 bridgehead atoms. The molecule has 1 heterocycles. The molecule has 3 rings (SSSR count). The van der Waals surface area contributed by atoms with Gasteiger partial charge in [-0.3, -0.25) is 9.69 Å². The lowest BCUT2D eigenvalue weighted by atomic mass is 10.1. The maximum absolute atomic E-state index is 12.3. The van der Waals surface area contributed by atoms with E-state index in [-0.39, 0.29) is 18.1 Å². The first-order valence-corrected chi connectivity index (χ1v) is 9.32. The van der Waals surface area contributed by atoms with Crippen molar-refractivity contribution in [3.05, 3.63) is 76.4 Å². The molecule has 1 fully saturated rings. The van der Waals surface area contributed by atoms with Crippen LogP contribution in [0.15, 0.2) is 65.3 Å². The Morgan fingerprint density at radius 3 is 2.57 bits per heavy atom. The summed E-state index contributed by atoms with van der Waals surface area (Å²) >= 11 is 3.40. The fraction of sp³-hybridized carbons (Fsp3) is 0.143. The van der Waals surface area contributed by atoms with E-state index < -0.39 is 6.03 Å². The van der Waals surface area contributed by atoms with E-state index in [9.17, 15) is 9.59 Å². The molecule has 3 amide bonds. The molecule has 2 aromatic rings. The first-order chi connectivity index (χ1) is 13.5. The molecule has 7 heteroatoms. The minimum absolute atomic E-state index is 0.161. The third-order valence-electron chi connectivity index (χ3n) is 4.08. The van der Waals surface area contributed by atoms with Crippen molar-refractivity contribution in [1.29, 1.82) is 0 Å². The van der Waals surface area contributed by atoms with Crippen molar-refractivity contribution in [1.82, 2.24) is 10.2 Å². The molecule has 0 saturated carbocycles. The zero-order chi connectivity index (χ0) is 20.1. The third-order valence-corrected chi connectivity index (χ3v) is 4.61. The van der Waals surface area contributed by atoms with Gasteiger partial charge in [0.1, 0.15) is 12.3 Å². The van der Waals surface area contributed by atoms with Crippen LogP contribution in [-0.4, -0.2) is 30.5 Å². The number of urea groups is 1. The lowest BCUT2D eigenvalue weighted by molar-refractivity contribution is -0.122. The van der Waals surface area contributed by atoms with E-state index >= 15 is 0 Å². The number of rotatable bonds is 7. The van der Waals surface area contributed by atoms with E-state index in [2.05, 4.69) is 27.8 Å². The Bertz CT molecular complexity index is 938. The maximum atomic E-state index is 12.3. The smallest absolute Gasteiger partial charge is 0.329 e. The summed E-state index contributed by atoms with van der Waals surface area (Å²) in [4.78, 5) is 25.2. The predicted molar refractivity (Wildman–Crippen MR) is 110 cm³/mol. The summed E-state index contributed by atoms with van der Waals surface area (Å²) in [5.74, 6) is 0.730. The molecular formula is C21H19BrN2O4. The van der Waals surface area contributed by atoms with Gasteiger partial charge in [0.2, 0.25) is 0 Å². The van der Waals surface area contributed by atoms with Crippen LogP contribution in [0.4, 0.5) is 4.79 Å². The van der Waals surface area contributed by atoms with Crippen LogP contribution in [-0.2, 0) is 11.4 Å². The van der Waals surface area contributed by atoms with Crippen molar-refractivity contribution >= 4 is 33.9 Å². The van der Waals surface area contributed by atoms with Crippen LogP contribution in [0.1, 0.15) is 11.1 Å². The van der Waals surface area contributed by atoms with Gasteiger partial charge >= 0.3 is 6.03 Å². The van der Waals surface area contributed by atoms with Gasteiger partial charge in [-0.2, -0.15) is 0 Å². The molecule has 0 unspecified atom stereocenters. The molecule has 6 nitrogen and oxygen atoms in total. The van der Waals surface area contributed by atoms with Gasteiger partial charge < -0.3 is 14.8 Å². The van der Waals surface area contributed by atoms with E-state index in [0.717, 1.165) is 14.9 Å². The van der Waals surface area contributed by atoms with Gasteiger partial charge in [-0.05, 0) is 41.5 Å². The number of hydrogen-bond acceptors (Lipinski definition) is 4. The van der Waals surface area contributed by atoms with Crippen molar-refractivity contribution in [2.24, 2.45) is 0 Å². The van der Waals surface area contributed by atoms with Crippen LogP contribution in [0.3, 0.4) is 0 Å². The number of methoxy groups -OCH3 is 1. The summed E-state index contributed by atoms with van der Waals surface area (Å²) in [6.07, 6.45) is 3.10. The number of ether oxygens (including phenoxy) is 2. The van der Waals surface area contributed by atoms with Crippen molar-refractivity contribution in [2.75, 3.05) is 13.7 Å². The molecule has 0 spiro atoms. The Balaban J connectivity index is 1.76. The van der Waals surface area contributed by atoms with Gasteiger partial charge in [0.05, 0.1) is 7.11 Å². The molecule has 0 aliphatic carbocycles. The molecule has 1 aliphatic heterocycles. The molecule has 28 heavy (non-hydrogen) atoms. The summed E-state index contributed by atoms with van der Waals surface area (Å²) in [7, 11) is 1.55. The minimum atomic E-state index is -0.461. The van der Waals surface area contributed by atoms with E-state index in [1.54, 1.807) is 31.4 Å². The van der Waals surface area contributed by atoms with Gasteiger partial charge in [0.15, 0.2) is 11.5 Å². The first-order valence-electron chi connectivity index (χ1n) is 8.52. The lowest BCUT2D eigenvalue weighted by Crippen LogP contribution is -2.30. The van der Waals surface area contributed by atoms with E-state index in [1.807, 2.05) is 24.3 Å². The van der Waals surface area contributed by atoms with Crippen molar-refractivity contribution in [3.63, 3.8) is 0 Å². The topological polar surface area (TPSA) is 67.9 Å². The highest BCUT2D eigenvalue weighted by atomic mass is 79.9. The normalized spacial score (nSPS) is 14.9. The molecule has 1 N–H and O–H groups in total. The summed E-state index contributed by atoms with van der Waals surface area (Å²) in [5.41, 5.74) is 1.94. The number of nitrogens with zero attached hydrogens (tertiary/aromatic N) is 1. The van der Waals surface area contributed by atoms with Crippen molar-refractivity contribution in [3.8, 4) is 11.5 Å². The number of benzene rings is 2. The number of imide groups is 1. The molecule has 144 valence electrons. The number of halogens is 1. The summed E-state index contributed by atoms with van der Waals surface area (Å²) in [6.45, 7) is 4.11. The van der Waals surface area contributed by atoms with E-state index in [0.29, 0.717) is 23.7 Å². The highest BCUT2D eigenvalue weighted by Gasteiger charge is 2.32. The summed E-state index contributed by atoms with van der Waals surface area (Å²) in [5, 5.41) is 2.57. The number of amides is 3. The Morgan fingerprint density at radius 1 is 1.14 bits per heavy atom. The highest BCUT2D eigenvalue weighted by Crippen LogP contribution is 2.30. The van der Waals surface area contributed by atoms with Crippen LogP contribution in [0.2, 0.25) is 0 Å². The Labute approximate surface area is 171 Å². The third kappa shape index (κ3) is 4.43. The van der Waals surface area contributed by atoms with Gasteiger partial charge in [0.25, 0.3) is 5.91 Å². The minimum Gasteiger partial charge on any atom is -0.493 e. The number of nitrogens with one attached hydrogen (secondary N) is 1. The van der Waals surface area contributed by atoms with Crippen LogP contribution in [0, 0.1) is 0 Å². The largest absolute Gasteiger partial charge is 0.493 e. The molecule has 0 aromatic heterocycles. The second-order valence-electron chi connectivity index (χ2n) is 6.02. The molecule has 0 radical (unpaired) electrons. The quantitative estimate of drug-likeness (QED) is 0.397. The molecule has 0 atom stereocenters. The SMILES string of the molecule is C=CCN1C(=O)N/C(=C/c2ccc(OCc3ccc(Br)cc3)c(OC)c2)C1=O. The van der Waals surface area contributed by atoms with Crippen LogP contribution in [0.5, 0.6) is 11.5 Å². The number of hydrogen-bond donors (Lipinski definition) is 1. The first kappa shape index (κ1) is 19.7. The van der Waals surface area contributed by atoms with Gasteiger partial charge in [-0.1, -0.05) is 40.2 Å². The average molecular weight is 443 g/mol. The summed E-state index contributed by atoms with van der Waals surface area (Å²) < 4.78 is 12.3.